The predicted octanol–water partition coefficient (Wildman–Crippen LogP) is 4.27. The molecule has 1 aliphatic heterocycles. The number of benzene rings is 2. The molecule has 2 atom stereocenters. The lowest BCUT2D eigenvalue weighted by atomic mass is 9.88. The number of aliphatic hydroxyl groups is 1. The van der Waals surface area contributed by atoms with Crippen LogP contribution in [0.15, 0.2) is 42.9 Å². The molecule has 2 aromatic carbocycles. The summed E-state index contributed by atoms with van der Waals surface area (Å²) in [5.41, 5.74) is 2.68. The summed E-state index contributed by atoms with van der Waals surface area (Å²) in [5, 5.41) is 15.0. The van der Waals surface area contributed by atoms with Crippen molar-refractivity contribution in [2.75, 3.05) is 7.11 Å². The highest BCUT2D eigenvalue weighted by Gasteiger charge is 2.34. The van der Waals surface area contributed by atoms with E-state index in [1.54, 1.807) is 24.2 Å². The molecule has 1 aliphatic rings. The molecule has 0 bridgehead atoms. The van der Waals surface area contributed by atoms with Crippen LogP contribution in [0.5, 0.6) is 5.75 Å². The number of halogens is 3. The molecule has 1 N–H and O–H groups in total. The normalized spacial score (nSPS) is 17.7. The van der Waals surface area contributed by atoms with Gasteiger partial charge in [-0.15, -0.1) is 0 Å². The SMILES string of the molecule is COc1cc(/C=C/c2nc3n(n2)CC[C@H](O)[C@H]3c2cc(F)c(F)c(F)c2)ccc1-n1cnc(C)c1. The Morgan fingerprint density at radius 2 is 1.89 bits per heavy atom. The second-order valence-corrected chi connectivity index (χ2v) is 8.37. The van der Waals surface area contributed by atoms with Crippen LogP contribution in [0.3, 0.4) is 0 Å². The van der Waals surface area contributed by atoms with Crippen LogP contribution in [0.4, 0.5) is 13.2 Å². The lowest BCUT2D eigenvalue weighted by Gasteiger charge is -2.27. The Labute approximate surface area is 199 Å². The lowest BCUT2D eigenvalue weighted by molar-refractivity contribution is 0.118. The third kappa shape index (κ3) is 4.32. The van der Waals surface area contributed by atoms with Crippen LogP contribution in [-0.2, 0) is 6.54 Å². The van der Waals surface area contributed by atoms with Crippen molar-refractivity contribution in [3.05, 3.63) is 88.8 Å². The fourth-order valence-corrected chi connectivity index (χ4v) is 4.29. The molecule has 0 amide bonds. The highest BCUT2D eigenvalue weighted by atomic mass is 19.2. The Morgan fingerprint density at radius 1 is 1.11 bits per heavy atom. The number of aromatic nitrogens is 5. The van der Waals surface area contributed by atoms with E-state index in [4.69, 9.17) is 4.74 Å². The van der Waals surface area contributed by atoms with Gasteiger partial charge in [0.2, 0.25) is 0 Å². The molecule has 3 heterocycles. The zero-order chi connectivity index (χ0) is 24.7. The Kier molecular flexibility index (Phi) is 5.89. The van der Waals surface area contributed by atoms with Gasteiger partial charge in [-0.3, -0.25) is 0 Å². The molecule has 0 saturated carbocycles. The summed E-state index contributed by atoms with van der Waals surface area (Å²) < 4.78 is 50.1. The van der Waals surface area contributed by atoms with Gasteiger partial charge in [-0.05, 0) is 54.8 Å². The Hall–Kier alpha value is -3.92. The van der Waals surface area contributed by atoms with Gasteiger partial charge in [-0.2, -0.15) is 5.10 Å². The number of aryl methyl sites for hydroxylation is 2. The number of hydrogen-bond donors (Lipinski definition) is 1. The van der Waals surface area contributed by atoms with E-state index in [0.29, 0.717) is 30.4 Å². The zero-order valence-corrected chi connectivity index (χ0v) is 19.0. The number of rotatable bonds is 5. The molecule has 0 aliphatic carbocycles. The van der Waals surface area contributed by atoms with E-state index >= 15 is 0 Å². The van der Waals surface area contributed by atoms with Gasteiger partial charge in [-0.1, -0.05) is 12.1 Å². The standard InChI is InChI=1S/C25H22F3N5O2/c1-14-12-32(13-29-14)19-5-3-15(9-21(19)35-2)4-6-22-30-25-23(20(34)7-8-33(25)31-22)16-10-17(26)24(28)18(27)11-16/h3-6,9-13,20,23,34H,7-8H2,1-2H3/b6-4+/t20-,23+/m0/s1. The molecule has 0 unspecified atom stereocenters. The van der Waals surface area contributed by atoms with Crippen molar-refractivity contribution in [2.45, 2.75) is 31.9 Å². The van der Waals surface area contributed by atoms with Gasteiger partial charge < -0.3 is 14.4 Å². The van der Waals surface area contributed by atoms with Crippen molar-refractivity contribution in [3.8, 4) is 11.4 Å². The van der Waals surface area contributed by atoms with E-state index in [1.165, 1.54) is 0 Å². The molecule has 35 heavy (non-hydrogen) atoms. The maximum atomic E-state index is 13.8. The Bertz CT molecular complexity index is 1410. The first-order valence-corrected chi connectivity index (χ1v) is 11.0. The summed E-state index contributed by atoms with van der Waals surface area (Å²) >= 11 is 0. The van der Waals surface area contributed by atoms with Gasteiger partial charge in [0, 0.05) is 12.7 Å². The zero-order valence-electron chi connectivity index (χ0n) is 19.0. The van der Waals surface area contributed by atoms with Crippen molar-refractivity contribution in [1.82, 2.24) is 24.3 Å². The van der Waals surface area contributed by atoms with Crippen LogP contribution >= 0.6 is 0 Å². The molecule has 4 aromatic rings. The molecule has 0 spiro atoms. The highest BCUT2D eigenvalue weighted by molar-refractivity contribution is 5.69. The third-order valence-electron chi connectivity index (χ3n) is 6.00. The highest BCUT2D eigenvalue weighted by Crippen LogP contribution is 2.34. The van der Waals surface area contributed by atoms with E-state index in [2.05, 4.69) is 15.1 Å². The van der Waals surface area contributed by atoms with Gasteiger partial charge in [0.05, 0.1) is 36.8 Å². The molecular formula is C25H22F3N5O2. The van der Waals surface area contributed by atoms with Gasteiger partial charge in [0.25, 0.3) is 0 Å². The quantitative estimate of drug-likeness (QED) is 0.431. The van der Waals surface area contributed by atoms with E-state index in [9.17, 15) is 18.3 Å². The first-order chi connectivity index (χ1) is 16.8. The largest absolute Gasteiger partial charge is 0.495 e. The number of hydrogen-bond acceptors (Lipinski definition) is 5. The van der Waals surface area contributed by atoms with Crippen LogP contribution in [0.1, 0.15) is 40.8 Å². The molecule has 5 rings (SSSR count). The van der Waals surface area contributed by atoms with Crippen molar-refractivity contribution < 1.29 is 23.0 Å². The smallest absolute Gasteiger partial charge is 0.194 e. The minimum Gasteiger partial charge on any atom is -0.495 e. The van der Waals surface area contributed by atoms with E-state index in [0.717, 1.165) is 29.1 Å². The second-order valence-electron chi connectivity index (χ2n) is 8.37. The molecule has 180 valence electrons. The van der Waals surface area contributed by atoms with Crippen LogP contribution in [-0.4, -0.2) is 42.6 Å². The van der Waals surface area contributed by atoms with E-state index < -0.39 is 29.5 Å². The van der Waals surface area contributed by atoms with E-state index in [-0.39, 0.29) is 5.56 Å². The molecular weight excluding hydrogens is 459 g/mol. The monoisotopic (exact) mass is 481 g/mol. The molecule has 0 fully saturated rings. The van der Waals surface area contributed by atoms with Crippen molar-refractivity contribution in [1.29, 1.82) is 0 Å². The van der Waals surface area contributed by atoms with Crippen LogP contribution in [0.25, 0.3) is 17.8 Å². The molecule has 0 radical (unpaired) electrons. The summed E-state index contributed by atoms with van der Waals surface area (Å²) in [6, 6.07) is 7.48. The first-order valence-electron chi connectivity index (χ1n) is 11.0. The fourth-order valence-electron chi connectivity index (χ4n) is 4.29. The number of fused-ring (bicyclic) bond motifs is 1. The number of methoxy groups -OCH3 is 1. The van der Waals surface area contributed by atoms with Gasteiger partial charge in [-0.25, -0.2) is 27.8 Å². The number of imidazole rings is 1. The number of ether oxygens (including phenoxy) is 1. The number of nitrogens with zero attached hydrogens (tertiary/aromatic N) is 5. The van der Waals surface area contributed by atoms with Crippen LogP contribution < -0.4 is 4.74 Å². The maximum Gasteiger partial charge on any atom is 0.194 e. The third-order valence-corrected chi connectivity index (χ3v) is 6.00. The molecule has 2 aromatic heterocycles. The summed E-state index contributed by atoms with van der Waals surface area (Å²) in [5.74, 6) is -3.62. The Balaban J connectivity index is 1.44. The summed E-state index contributed by atoms with van der Waals surface area (Å²) in [6.07, 6.45) is 6.52. The second kappa shape index (κ2) is 9.03. The lowest BCUT2D eigenvalue weighted by Crippen LogP contribution is -2.30. The van der Waals surface area contributed by atoms with Crippen LogP contribution in [0.2, 0.25) is 0 Å². The van der Waals surface area contributed by atoms with Crippen molar-refractivity contribution in [2.24, 2.45) is 0 Å². The van der Waals surface area contributed by atoms with Crippen LogP contribution in [0, 0.1) is 24.4 Å². The summed E-state index contributed by atoms with van der Waals surface area (Å²) in [4.78, 5) is 8.73. The molecule has 7 nitrogen and oxygen atoms in total. The molecule has 0 saturated heterocycles. The summed E-state index contributed by atoms with van der Waals surface area (Å²) in [7, 11) is 1.59. The minimum absolute atomic E-state index is 0.104. The summed E-state index contributed by atoms with van der Waals surface area (Å²) in [6.45, 7) is 2.30. The Morgan fingerprint density at radius 3 is 2.57 bits per heavy atom. The van der Waals surface area contributed by atoms with Gasteiger partial charge in [0.1, 0.15) is 11.6 Å². The first kappa shape index (κ1) is 22.9. The van der Waals surface area contributed by atoms with Gasteiger partial charge in [0.15, 0.2) is 23.3 Å². The predicted molar refractivity (Wildman–Crippen MR) is 123 cm³/mol. The fraction of sp³-hybridized carbons (Fsp3) is 0.240. The number of aliphatic hydroxyl groups excluding tert-OH is 1. The topological polar surface area (TPSA) is 78.0 Å². The van der Waals surface area contributed by atoms with E-state index in [1.807, 2.05) is 42.0 Å². The average molecular weight is 481 g/mol. The van der Waals surface area contributed by atoms with Crippen molar-refractivity contribution >= 4 is 12.2 Å². The van der Waals surface area contributed by atoms with Gasteiger partial charge >= 0.3 is 0 Å². The van der Waals surface area contributed by atoms with Crippen molar-refractivity contribution in [3.63, 3.8) is 0 Å². The minimum atomic E-state index is -1.55. The average Bonchev–Trinajstić information content (AvgIpc) is 3.46. The maximum absolute atomic E-state index is 13.8. The molecule has 10 heteroatoms.